The lowest BCUT2D eigenvalue weighted by atomic mass is 9.88. The van der Waals surface area contributed by atoms with E-state index in [0.717, 1.165) is 6.42 Å². The van der Waals surface area contributed by atoms with Crippen molar-refractivity contribution in [3.8, 4) is 28.6 Å². The van der Waals surface area contributed by atoms with Crippen molar-refractivity contribution in [1.29, 1.82) is 0 Å². The average molecular weight is 906 g/mol. The lowest BCUT2D eigenvalue weighted by Gasteiger charge is -2.33. The molecule has 346 valence electrons. The number of ether oxygens (including phenoxy) is 4. The number of alkyl carbamates (subject to hydrolysis) is 1. The van der Waals surface area contributed by atoms with Crippen molar-refractivity contribution in [3.63, 3.8) is 0 Å². The van der Waals surface area contributed by atoms with Crippen LogP contribution in [-0.2, 0) is 29.1 Å². The fourth-order valence-electron chi connectivity index (χ4n) is 8.67. The number of sulfonamides is 1. The number of rotatable bonds is 10. The summed E-state index contributed by atoms with van der Waals surface area (Å²) in [6, 6.07) is 9.30. The molecule has 15 nitrogen and oxygen atoms in total. The molecule has 2 aromatic carbocycles. The molecule has 1 unspecified atom stereocenters. The number of fused-ring (bicyclic) bond motifs is 3. The highest BCUT2D eigenvalue weighted by Crippen LogP contribution is 2.46. The number of allylic oxidation sites excluding steroid dienone is 1. The van der Waals surface area contributed by atoms with Crippen LogP contribution in [0.3, 0.4) is 0 Å². The number of amides is 4. The number of carbonyl (C=O) groups is 4. The lowest BCUT2D eigenvalue weighted by Crippen LogP contribution is -2.59. The molecule has 3 fully saturated rings. The van der Waals surface area contributed by atoms with Gasteiger partial charge in [-0.1, -0.05) is 26.0 Å². The zero-order valence-electron chi connectivity index (χ0n) is 37.7. The summed E-state index contributed by atoms with van der Waals surface area (Å²) in [5.74, 6) is -2.62. The second-order valence-corrected chi connectivity index (χ2v) is 21.0. The van der Waals surface area contributed by atoms with Gasteiger partial charge in [0.15, 0.2) is 11.6 Å². The Balaban J connectivity index is 1.26. The summed E-state index contributed by atoms with van der Waals surface area (Å²) in [5, 5.41) is 6.28. The summed E-state index contributed by atoms with van der Waals surface area (Å²) in [4.78, 5) is 63.3. The van der Waals surface area contributed by atoms with Gasteiger partial charge >= 0.3 is 6.09 Å². The molecule has 2 aliphatic carbocycles. The normalized spacial score (nSPS) is 27.0. The molecule has 0 radical (unpaired) electrons. The van der Waals surface area contributed by atoms with Crippen LogP contribution in [0.15, 0.2) is 54.6 Å². The van der Waals surface area contributed by atoms with Crippen LogP contribution in [0, 0.1) is 23.6 Å². The molecule has 64 heavy (non-hydrogen) atoms. The number of hydrogen-bond donors (Lipinski definition) is 3. The van der Waals surface area contributed by atoms with Crippen molar-refractivity contribution in [2.24, 2.45) is 17.8 Å². The van der Waals surface area contributed by atoms with Gasteiger partial charge in [-0.3, -0.25) is 19.1 Å². The highest BCUT2D eigenvalue weighted by molar-refractivity contribution is 7.91. The number of halogens is 1. The molecule has 1 aromatic heterocycles. The van der Waals surface area contributed by atoms with Gasteiger partial charge in [-0.05, 0) is 133 Å². The minimum atomic E-state index is -3.95. The van der Waals surface area contributed by atoms with Crippen molar-refractivity contribution >= 4 is 44.6 Å². The summed E-state index contributed by atoms with van der Waals surface area (Å²) >= 11 is 0. The van der Waals surface area contributed by atoms with Crippen LogP contribution >= 0.6 is 0 Å². The van der Waals surface area contributed by atoms with Crippen molar-refractivity contribution in [2.75, 3.05) is 13.7 Å². The van der Waals surface area contributed by atoms with Gasteiger partial charge in [-0.25, -0.2) is 22.6 Å². The minimum Gasteiger partial charge on any atom is -0.497 e. The van der Waals surface area contributed by atoms with Gasteiger partial charge in [0.05, 0.1) is 30.7 Å². The van der Waals surface area contributed by atoms with Gasteiger partial charge in [0.25, 0.3) is 5.91 Å². The number of nitrogens with one attached hydrogen (secondary N) is 3. The zero-order valence-corrected chi connectivity index (χ0v) is 38.6. The molecule has 4 amide bonds. The minimum absolute atomic E-state index is 0.0560. The first-order valence-corrected chi connectivity index (χ1v) is 23.7. The lowest BCUT2D eigenvalue weighted by molar-refractivity contribution is -0.142. The molecule has 4 aliphatic rings. The Morgan fingerprint density at radius 3 is 2.45 bits per heavy atom. The quantitative estimate of drug-likeness (QED) is 0.187. The van der Waals surface area contributed by atoms with E-state index in [1.807, 2.05) is 19.1 Å². The molecule has 2 aliphatic heterocycles. The van der Waals surface area contributed by atoms with E-state index in [9.17, 15) is 22.8 Å². The second kappa shape index (κ2) is 18.2. The summed E-state index contributed by atoms with van der Waals surface area (Å²) < 4.78 is 67.0. The van der Waals surface area contributed by atoms with Crippen molar-refractivity contribution in [2.45, 2.75) is 134 Å². The number of pyridine rings is 1. The largest absolute Gasteiger partial charge is 0.497 e. The number of carbonyl (C=O) groups excluding carboxylic acids is 4. The van der Waals surface area contributed by atoms with E-state index in [0.29, 0.717) is 53.5 Å². The van der Waals surface area contributed by atoms with Crippen LogP contribution in [0.2, 0.25) is 0 Å². The van der Waals surface area contributed by atoms with Crippen molar-refractivity contribution < 1.29 is 50.9 Å². The number of nitrogens with zero attached hydrogens (tertiary/aromatic N) is 2. The number of benzene rings is 2. The number of hydrogen-bond acceptors (Lipinski definition) is 11. The third-order valence-electron chi connectivity index (χ3n) is 12.2. The van der Waals surface area contributed by atoms with E-state index in [2.05, 4.69) is 22.3 Å². The molecule has 1 saturated heterocycles. The topological polar surface area (TPSA) is 192 Å². The molecule has 3 N–H and O–H groups in total. The first-order valence-electron chi connectivity index (χ1n) is 22.1. The number of aromatic nitrogens is 1. The Hall–Kier alpha value is -5.45. The van der Waals surface area contributed by atoms with Crippen LogP contribution < -0.4 is 29.6 Å². The maximum Gasteiger partial charge on any atom is 0.408 e. The molecular weight excluding hydrogens is 846 g/mol. The smallest absolute Gasteiger partial charge is 0.408 e. The van der Waals surface area contributed by atoms with E-state index in [1.54, 1.807) is 65.0 Å². The monoisotopic (exact) mass is 905 g/mol. The Morgan fingerprint density at radius 1 is 1.03 bits per heavy atom. The van der Waals surface area contributed by atoms with E-state index >= 15 is 9.18 Å². The maximum atomic E-state index is 15.3. The Morgan fingerprint density at radius 2 is 1.78 bits per heavy atom. The fourth-order valence-corrected chi connectivity index (χ4v) is 10.0. The van der Waals surface area contributed by atoms with E-state index in [1.165, 1.54) is 24.1 Å². The van der Waals surface area contributed by atoms with Crippen molar-refractivity contribution in [3.05, 3.63) is 60.4 Å². The molecule has 7 atom stereocenters. The van der Waals surface area contributed by atoms with E-state index < -0.39 is 86.1 Å². The van der Waals surface area contributed by atoms with E-state index in [4.69, 9.17) is 23.9 Å². The van der Waals surface area contributed by atoms with Gasteiger partial charge in [0, 0.05) is 23.3 Å². The van der Waals surface area contributed by atoms with Gasteiger partial charge in [-0.2, -0.15) is 0 Å². The van der Waals surface area contributed by atoms with Gasteiger partial charge in [-0.15, -0.1) is 0 Å². The molecule has 2 saturated carbocycles. The highest BCUT2D eigenvalue weighted by Gasteiger charge is 2.62. The van der Waals surface area contributed by atoms with Crippen LogP contribution in [0.4, 0.5) is 9.18 Å². The summed E-state index contributed by atoms with van der Waals surface area (Å²) in [6.45, 7) is 12.6. The van der Waals surface area contributed by atoms with Gasteiger partial charge in [0.2, 0.25) is 27.7 Å². The van der Waals surface area contributed by atoms with Gasteiger partial charge in [0.1, 0.15) is 35.1 Å². The van der Waals surface area contributed by atoms with Gasteiger partial charge < -0.3 is 34.5 Å². The van der Waals surface area contributed by atoms with Crippen LogP contribution in [-0.4, -0.2) is 96.5 Å². The summed E-state index contributed by atoms with van der Waals surface area (Å²) in [6.07, 6.45) is 4.83. The highest BCUT2D eigenvalue weighted by atomic mass is 32.2. The summed E-state index contributed by atoms with van der Waals surface area (Å²) in [7, 11) is -2.42. The maximum absolute atomic E-state index is 15.3. The predicted octanol–water partition coefficient (Wildman–Crippen LogP) is 6.57. The molecule has 17 heteroatoms. The summed E-state index contributed by atoms with van der Waals surface area (Å²) in [5.41, 5.74) is -1.63. The molecule has 3 heterocycles. The Bertz CT molecular complexity index is 2440. The van der Waals surface area contributed by atoms with Crippen molar-refractivity contribution in [1.82, 2.24) is 25.2 Å². The van der Waals surface area contributed by atoms with E-state index in [-0.39, 0.29) is 43.0 Å². The third-order valence-corrected chi connectivity index (χ3v) is 14.0. The first kappa shape index (κ1) is 46.5. The molecule has 0 spiro atoms. The second-order valence-electron chi connectivity index (χ2n) is 19.1. The Labute approximate surface area is 374 Å². The molecule has 7 rings (SSSR count). The Kier molecular flexibility index (Phi) is 13.2. The first-order chi connectivity index (χ1) is 30.2. The van der Waals surface area contributed by atoms with Crippen LogP contribution in [0.1, 0.15) is 93.4 Å². The zero-order chi connectivity index (χ0) is 46.3. The molecular formula is C47H60FN5O10S. The van der Waals surface area contributed by atoms with Crippen LogP contribution in [0.5, 0.6) is 17.4 Å². The predicted molar refractivity (Wildman–Crippen MR) is 238 cm³/mol. The number of methoxy groups -OCH3 is 1. The van der Waals surface area contributed by atoms with Crippen LogP contribution in [0.25, 0.3) is 22.0 Å². The fraction of sp³-hybridized carbons (Fsp3) is 0.553. The SMILES string of the molecule is COc1ccc2c(O[C@@H]3C[C@H]4C(=O)N[C@]5(C(=O)NS(=O)(=O)C6CC6)C[C@H]5/C=C\CC[C@H](C)C[C@@H](C)C(NC(=O)OC(C)(C)C)C(=O)N4C3)nc(-c3ccc(OC(C)C)c(F)c3)cc2c1. The molecule has 3 aromatic rings. The standard InChI is InChI=1S/C47H60FN5O10S/c1-26(2)61-39-18-13-29(21-36(39)48)37-22-30-20-32(60-8)14-17-35(30)42(49-37)62-33-23-38-41(54)51-47(44(56)52-64(58,59)34-15-16-34)24-31(47)12-10-9-11-27(3)19-28(4)40(43(55)53(38)25-33)50-45(57)63-46(5,6)7/h10,12-14,17-18,20-22,26-28,31,33-34,38,40H,9,11,15-16,19,23-25H2,1-8H3,(H,50,57)(H,51,54)(H,52,56)/b12-10-/t27-,28+,31+,33+,38-,40?,47+/m0/s1. The molecule has 0 bridgehead atoms. The third kappa shape index (κ3) is 10.6. The average Bonchev–Trinajstić information content (AvgIpc) is 4.14.